The predicted molar refractivity (Wildman–Crippen MR) is 62.3 cm³/mol. The number of carbonyl (C=O) groups excluding carboxylic acids is 1. The number of rotatable bonds is 5. The van der Waals surface area contributed by atoms with Crippen molar-refractivity contribution >= 4 is 15.9 Å². The molecular weight excluding hydrogens is 301 g/mol. The Kier molecular flexibility index (Phi) is 4.77. The smallest absolute Gasteiger partial charge is 0.388 e. The van der Waals surface area contributed by atoms with E-state index in [0.717, 1.165) is 6.07 Å². The molecule has 5 nitrogen and oxygen atoms in total. The Morgan fingerprint density at radius 1 is 1.35 bits per heavy atom. The van der Waals surface area contributed by atoms with Crippen molar-refractivity contribution in [1.82, 2.24) is 0 Å². The van der Waals surface area contributed by atoms with E-state index in [4.69, 9.17) is 0 Å². The summed E-state index contributed by atoms with van der Waals surface area (Å²) >= 11 is 0. The normalized spacial score (nSPS) is 13.8. The lowest BCUT2D eigenvalue weighted by Crippen LogP contribution is -2.28. The number of alkyl halides is 3. The van der Waals surface area contributed by atoms with Crippen LogP contribution >= 0.6 is 0 Å². The van der Waals surface area contributed by atoms with Crippen LogP contribution in [0.3, 0.4) is 0 Å². The third-order valence-electron chi connectivity index (χ3n) is 2.24. The van der Waals surface area contributed by atoms with Crippen molar-refractivity contribution in [3.05, 3.63) is 29.8 Å². The third kappa shape index (κ3) is 3.94. The van der Waals surface area contributed by atoms with E-state index >= 15 is 0 Å². The summed E-state index contributed by atoms with van der Waals surface area (Å²) in [6.45, 7) is 1.18. The van der Waals surface area contributed by atoms with E-state index in [9.17, 15) is 31.5 Å². The average molecular weight is 312 g/mol. The van der Waals surface area contributed by atoms with Crippen molar-refractivity contribution in [3.63, 3.8) is 0 Å². The van der Waals surface area contributed by atoms with Crippen LogP contribution in [0.25, 0.3) is 0 Å². The van der Waals surface area contributed by atoms with Gasteiger partial charge in [-0.25, -0.2) is 0 Å². The molecule has 0 saturated carbocycles. The number of halogens is 3. The van der Waals surface area contributed by atoms with Gasteiger partial charge in [0.15, 0.2) is 0 Å². The molecule has 0 aliphatic heterocycles. The Bertz CT molecular complexity index is 594. The topological polar surface area (TPSA) is 80.7 Å². The standard InChI is InChI=1S/C11H11F3O5S/c1-7(15)6-9(16)8-4-2-3-5-10(8)19-20(17,18)11(12,13)14/h2-5,9,16H,6H2,1H3. The molecule has 112 valence electrons. The summed E-state index contributed by atoms with van der Waals surface area (Å²) < 4.78 is 62.5. The number of aliphatic hydroxyl groups excluding tert-OH is 1. The van der Waals surface area contributed by atoms with Crippen LogP contribution in [0, 0.1) is 0 Å². The fraction of sp³-hybridized carbons (Fsp3) is 0.364. The number of hydrogen-bond donors (Lipinski definition) is 1. The highest BCUT2D eigenvalue weighted by atomic mass is 32.2. The fourth-order valence-corrected chi connectivity index (χ4v) is 1.86. The zero-order valence-corrected chi connectivity index (χ0v) is 11.0. The molecule has 1 N–H and O–H groups in total. The van der Waals surface area contributed by atoms with Crippen LogP contribution in [-0.2, 0) is 14.9 Å². The molecule has 20 heavy (non-hydrogen) atoms. The zero-order chi connectivity index (χ0) is 15.6. The molecule has 1 aromatic rings. The van der Waals surface area contributed by atoms with Gasteiger partial charge in [0.1, 0.15) is 11.5 Å². The summed E-state index contributed by atoms with van der Waals surface area (Å²) in [4.78, 5) is 10.9. The Morgan fingerprint density at radius 2 is 1.90 bits per heavy atom. The van der Waals surface area contributed by atoms with Gasteiger partial charge in [-0.15, -0.1) is 0 Å². The molecule has 1 atom stereocenters. The van der Waals surface area contributed by atoms with E-state index < -0.39 is 33.3 Å². The Hall–Kier alpha value is -1.61. The van der Waals surface area contributed by atoms with Gasteiger partial charge in [-0.1, -0.05) is 18.2 Å². The summed E-state index contributed by atoms with van der Waals surface area (Å²) in [5.74, 6) is -1.08. The molecule has 0 bridgehead atoms. The molecule has 0 amide bonds. The number of Topliss-reactive ketones (excluding diaryl/α,β-unsaturated/α-hetero) is 1. The lowest BCUT2D eigenvalue weighted by Gasteiger charge is -2.15. The van der Waals surface area contributed by atoms with Crippen LogP contribution in [0.1, 0.15) is 25.0 Å². The lowest BCUT2D eigenvalue weighted by atomic mass is 10.0. The van der Waals surface area contributed by atoms with Gasteiger partial charge in [-0.05, 0) is 13.0 Å². The fourth-order valence-electron chi connectivity index (χ4n) is 1.38. The maximum Gasteiger partial charge on any atom is 0.534 e. The van der Waals surface area contributed by atoms with E-state index in [1.165, 1.54) is 25.1 Å². The largest absolute Gasteiger partial charge is 0.534 e. The number of hydrogen-bond acceptors (Lipinski definition) is 5. The Labute approximate surface area is 113 Å². The summed E-state index contributed by atoms with van der Waals surface area (Å²) in [6.07, 6.45) is -1.82. The molecule has 0 aliphatic rings. The van der Waals surface area contributed by atoms with Gasteiger partial charge in [0.25, 0.3) is 0 Å². The van der Waals surface area contributed by atoms with E-state index in [2.05, 4.69) is 4.18 Å². The molecule has 0 radical (unpaired) electrons. The summed E-state index contributed by atoms with van der Waals surface area (Å²) in [5, 5.41) is 9.69. The summed E-state index contributed by atoms with van der Waals surface area (Å²) in [6, 6.07) is 4.74. The quantitative estimate of drug-likeness (QED) is 0.664. The molecule has 9 heteroatoms. The SMILES string of the molecule is CC(=O)CC(O)c1ccccc1OS(=O)(=O)C(F)(F)F. The van der Waals surface area contributed by atoms with Crippen LogP contribution in [-0.4, -0.2) is 24.8 Å². The second kappa shape index (κ2) is 5.80. The van der Waals surface area contributed by atoms with Crippen molar-refractivity contribution in [3.8, 4) is 5.75 Å². The minimum atomic E-state index is -5.83. The van der Waals surface area contributed by atoms with Gasteiger partial charge in [0.05, 0.1) is 6.10 Å². The zero-order valence-electron chi connectivity index (χ0n) is 10.2. The first kappa shape index (κ1) is 16.4. The molecule has 0 spiro atoms. The van der Waals surface area contributed by atoms with Crippen molar-refractivity contribution < 1.29 is 35.7 Å². The van der Waals surface area contributed by atoms with Crippen LogP contribution < -0.4 is 4.18 Å². The van der Waals surface area contributed by atoms with Gasteiger partial charge in [-0.2, -0.15) is 21.6 Å². The first-order chi connectivity index (χ1) is 9.04. The number of aliphatic hydroxyl groups is 1. The highest BCUT2D eigenvalue weighted by molar-refractivity contribution is 7.88. The first-order valence-corrected chi connectivity index (χ1v) is 6.72. The number of ketones is 1. The van der Waals surface area contributed by atoms with Crippen molar-refractivity contribution in [1.29, 1.82) is 0 Å². The molecule has 0 fully saturated rings. The number of benzene rings is 1. The molecular formula is C11H11F3O5S. The minimum absolute atomic E-state index is 0.212. The van der Waals surface area contributed by atoms with Crippen LogP contribution in [0.15, 0.2) is 24.3 Å². The van der Waals surface area contributed by atoms with E-state index in [1.54, 1.807) is 0 Å². The predicted octanol–water partition coefficient (Wildman–Crippen LogP) is 1.93. The Morgan fingerprint density at radius 3 is 2.40 bits per heavy atom. The second-order valence-electron chi connectivity index (χ2n) is 3.94. The monoisotopic (exact) mass is 312 g/mol. The second-order valence-corrected chi connectivity index (χ2v) is 5.48. The van der Waals surface area contributed by atoms with Crippen molar-refractivity contribution in [2.75, 3.05) is 0 Å². The molecule has 0 aromatic heterocycles. The minimum Gasteiger partial charge on any atom is -0.388 e. The number of para-hydroxylation sites is 1. The Balaban J connectivity index is 3.12. The van der Waals surface area contributed by atoms with Gasteiger partial charge in [-0.3, -0.25) is 4.79 Å². The van der Waals surface area contributed by atoms with Crippen LogP contribution in [0.2, 0.25) is 0 Å². The van der Waals surface area contributed by atoms with Gasteiger partial charge in [0, 0.05) is 12.0 Å². The number of carbonyl (C=O) groups is 1. The third-order valence-corrected chi connectivity index (χ3v) is 3.21. The van der Waals surface area contributed by atoms with E-state index in [-0.39, 0.29) is 12.0 Å². The lowest BCUT2D eigenvalue weighted by molar-refractivity contribution is -0.118. The van der Waals surface area contributed by atoms with Crippen molar-refractivity contribution in [2.24, 2.45) is 0 Å². The van der Waals surface area contributed by atoms with E-state index in [0.29, 0.717) is 0 Å². The molecule has 0 saturated heterocycles. The highest BCUT2D eigenvalue weighted by Crippen LogP contribution is 2.32. The van der Waals surface area contributed by atoms with Crippen LogP contribution in [0.5, 0.6) is 5.75 Å². The maximum atomic E-state index is 12.2. The van der Waals surface area contributed by atoms with Gasteiger partial charge in [0.2, 0.25) is 0 Å². The maximum absolute atomic E-state index is 12.2. The van der Waals surface area contributed by atoms with Crippen molar-refractivity contribution in [2.45, 2.75) is 25.0 Å². The van der Waals surface area contributed by atoms with Gasteiger partial charge >= 0.3 is 15.6 Å². The molecule has 0 heterocycles. The average Bonchev–Trinajstić information content (AvgIpc) is 2.26. The summed E-state index contributed by atoms with van der Waals surface area (Å²) in [7, 11) is -5.83. The molecule has 1 rings (SSSR count). The van der Waals surface area contributed by atoms with Gasteiger partial charge < -0.3 is 9.29 Å². The molecule has 1 aromatic carbocycles. The highest BCUT2D eigenvalue weighted by Gasteiger charge is 2.48. The summed E-state index contributed by atoms with van der Waals surface area (Å²) in [5.41, 5.74) is -5.79. The van der Waals surface area contributed by atoms with E-state index in [1.807, 2.05) is 0 Å². The van der Waals surface area contributed by atoms with Crippen LogP contribution in [0.4, 0.5) is 13.2 Å². The first-order valence-electron chi connectivity index (χ1n) is 5.32. The molecule has 0 aliphatic carbocycles. The molecule has 1 unspecified atom stereocenters.